The van der Waals surface area contributed by atoms with Gasteiger partial charge in [-0.15, -0.1) is 11.3 Å². The Labute approximate surface area is 137 Å². The number of hydrogen-bond donors (Lipinski definition) is 1. The Hall–Kier alpha value is -2.48. The number of nitrogens with zero attached hydrogens (tertiary/aromatic N) is 2. The maximum absolute atomic E-state index is 11.6. The lowest BCUT2D eigenvalue weighted by Gasteiger charge is -2.19. The number of thiazole rings is 1. The molecule has 0 saturated heterocycles. The van der Waals surface area contributed by atoms with Crippen LogP contribution in [0.4, 0.5) is 10.5 Å². The minimum absolute atomic E-state index is 0.0349. The third-order valence-corrected chi connectivity index (χ3v) is 3.72. The normalized spacial score (nSPS) is 11.1. The van der Waals surface area contributed by atoms with Crippen molar-refractivity contribution in [3.63, 3.8) is 0 Å². The van der Waals surface area contributed by atoms with Gasteiger partial charge >= 0.3 is 6.09 Å². The molecule has 122 valence electrons. The number of nitrogens with one attached hydrogen (secondary N) is 1. The second kappa shape index (κ2) is 6.74. The summed E-state index contributed by atoms with van der Waals surface area (Å²) in [5, 5.41) is 14.1. The average Bonchev–Trinajstić information content (AvgIpc) is 2.92. The summed E-state index contributed by atoms with van der Waals surface area (Å²) in [5.41, 5.74) is 0.466. The fourth-order valence-corrected chi connectivity index (χ4v) is 2.54. The van der Waals surface area contributed by atoms with Gasteiger partial charge < -0.3 is 10.1 Å². The Bertz CT molecular complexity index is 704. The molecule has 0 aliphatic heterocycles. The number of nitro benzene ring substituents is 1. The molecule has 1 aromatic carbocycles. The quantitative estimate of drug-likeness (QED) is 0.678. The topological polar surface area (TPSA) is 94.4 Å². The lowest BCUT2D eigenvalue weighted by molar-refractivity contribution is -0.384. The molecule has 2 aromatic rings. The van der Waals surface area contributed by atoms with E-state index >= 15 is 0 Å². The van der Waals surface area contributed by atoms with Gasteiger partial charge in [-0.25, -0.2) is 9.78 Å². The van der Waals surface area contributed by atoms with Crippen LogP contribution in [0.15, 0.2) is 30.5 Å². The lowest BCUT2D eigenvalue weighted by atomic mass is 10.1. The van der Waals surface area contributed by atoms with Crippen LogP contribution in [-0.2, 0) is 11.3 Å². The monoisotopic (exact) mass is 335 g/mol. The van der Waals surface area contributed by atoms with E-state index in [-0.39, 0.29) is 17.8 Å². The van der Waals surface area contributed by atoms with Crippen LogP contribution < -0.4 is 5.32 Å². The first-order chi connectivity index (χ1) is 10.7. The number of benzene rings is 1. The van der Waals surface area contributed by atoms with Crippen molar-refractivity contribution in [1.82, 2.24) is 10.3 Å². The molecule has 0 atom stereocenters. The minimum atomic E-state index is -0.484. The number of non-ortho nitro benzene ring substituents is 1. The van der Waals surface area contributed by atoms with Gasteiger partial charge in [0.05, 0.1) is 9.80 Å². The zero-order valence-corrected chi connectivity index (χ0v) is 13.8. The molecule has 1 N–H and O–H groups in total. The summed E-state index contributed by atoms with van der Waals surface area (Å²) >= 11 is 1.37. The van der Waals surface area contributed by atoms with Crippen LogP contribution in [-0.4, -0.2) is 21.5 Å². The fraction of sp³-hybridized carbons (Fsp3) is 0.333. The van der Waals surface area contributed by atoms with Crippen molar-refractivity contribution in [2.45, 2.75) is 32.9 Å². The SMILES string of the molecule is CC(C)(C)NC(=O)OCc1cnc(-c2ccc([N+](=O)[O-])cc2)s1. The maximum atomic E-state index is 11.6. The molecule has 0 unspecified atom stereocenters. The predicted molar refractivity (Wildman–Crippen MR) is 87.3 cm³/mol. The molecule has 2 rings (SSSR count). The van der Waals surface area contributed by atoms with Gasteiger partial charge in [-0.05, 0) is 32.9 Å². The summed E-state index contributed by atoms with van der Waals surface area (Å²) in [4.78, 5) is 26.8. The second-order valence-corrected chi connectivity index (χ2v) is 7.00. The van der Waals surface area contributed by atoms with Crippen molar-refractivity contribution >= 4 is 23.1 Å². The number of rotatable bonds is 4. The van der Waals surface area contributed by atoms with E-state index in [9.17, 15) is 14.9 Å². The van der Waals surface area contributed by atoms with Gasteiger partial charge in [0.15, 0.2) is 0 Å². The van der Waals surface area contributed by atoms with E-state index < -0.39 is 11.0 Å². The summed E-state index contributed by atoms with van der Waals surface area (Å²) in [6.07, 6.45) is 1.15. The molecule has 23 heavy (non-hydrogen) atoms. The largest absolute Gasteiger partial charge is 0.444 e. The van der Waals surface area contributed by atoms with Crippen molar-refractivity contribution in [2.24, 2.45) is 0 Å². The number of carbonyl (C=O) groups excluding carboxylic acids is 1. The molecule has 7 nitrogen and oxygen atoms in total. The van der Waals surface area contributed by atoms with Crippen LogP contribution in [0.3, 0.4) is 0 Å². The Morgan fingerprint density at radius 1 is 1.35 bits per heavy atom. The summed E-state index contributed by atoms with van der Waals surface area (Å²) in [6.45, 7) is 5.74. The third kappa shape index (κ3) is 5.03. The Kier molecular flexibility index (Phi) is 4.95. The smallest absolute Gasteiger partial charge is 0.407 e. The van der Waals surface area contributed by atoms with Gasteiger partial charge in [0.25, 0.3) is 5.69 Å². The molecule has 1 heterocycles. The number of ether oxygens (including phenoxy) is 1. The van der Waals surface area contributed by atoms with Crippen molar-refractivity contribution in [3.8, 4) is 10.6 Å². The number of amides is 1. The number of aromatic nitrogens is 1. The standard InChI is InChI=1S/C15H17N3O4S/c1-15(2,3)17-14(19)22-9-12-8-16-13(23-12)10-4-6-11(7-5-10)18(20)21/h4-8H,9H2,1-3H3,(H,17,19). The van der Waals surface area contributed by atoms with E-state index in [1.165, 1.54) is 23.5 Å². The van der Waals surface area contributed by atoms with Gasteiger partial charge in [-0.2, -0.15) is 0 Å². The molecule has 1 amide bonds. The first-order valence-electron chi connectivity index (χ1n) is 6.89. The summed E-state index contributed by atoms with van der Waals surface area (Å²) in [6, 6.07) is 6.16. The first kappa shape index (κ1) is 16.9. The van der Waals surface area contributed by atoms with Crippen LogP contribution in [0.25, 0.3) is 10.6 Å². The molecule has 0 aliphatic carbocycles. The zero-order chi connectivity index (χ0) is 17.0. The number of carbonyl (C=O) groups is 1. The van der Waals surface area contributed by atoms with E-state index in [0.717, 1.165) is 15.4 Å². The van der Waals surface area contributed by atoms with Crippen molar-refractivity contribution in [3.05, 3.63) is 45.5 Å². The highest BCUT2D eigenvalue weighted by atomic mass is 32.1. The highest BCUT2D eigenvalue weighted by Gasteiger charge is 2.15. The Morgan fingerprint density at radius 3 is 2.57 bits per heavy atom. The van der Waals surface area contributed by atoms with Crippen LogP contribution in [0.5, 0.6) is 0 Å². The lowest BCUT2D eigenvalue weighted by Crippen LogP contribution is -2.40. The summed E-state index contributed by atoms with van der Waals surface area (Å²) < 4.78 is 5.13. The molecule has 0 spiro atoms. The van der Waals surface area contributed by atoms with Crippen LogP contribution in [0, 0.1) is 10.1 Å². The molecule has 0 bridgehead atoms. The van der Waals surface area contributed by atoms with Gasteiger partial charge in [-0.3, -0.25) is 10.1 Å². The number of alkyl carbamates (subject to hydrolysis) is 1. The molecular weight excluding hydrogens is 318 g/mol. The van der Waals surface area contributed by atoms with E-state index in [2.05, 4.69) is 10.3 Å². The van der Waals surface area contributed by atoms with Gasteiger partial charge in [-0.1, -0.05) is 0 Å². The first-order valence-corrected chi connectivity index (χ1v) is 7.71. The highest BCUT2D eigenvalue weighted by molar-refractivity contribution is 7.15. The van der Waals surface area contributed by atoms with E-state index in [1.54, 1.807) is 18.3 Å². The Morgan fingerprint density at radius 2 is 2.00 bits per heavy atom. The van der Waals surface area contributed by atoms with E-state index in [4.69, 9.17) is 4.74 Å². The molecule has 0 radical (unpaired) electrons. The summed E-state index contributed by atoms with van der Waals surface area (Å²) in [7, 11) is 0. The molecule has 0 fully saturated rings. The minimum Gasteiger partial charge on any atom is -0.444 e. The average molecular weight is 335 g/mol. The fourth-order valence-electron chi connectivity index (χ4n) is 1.71. The molecule has 8 heteroatoms. The van der Waals surface area contributed by atoms with Crippen LogP contribution >= 0.6 is 11.3 Å². The van der Waals surface area contributed by atoms with Crippen molar-refractivity contribution in [2.75, 3.05) is 0 Å². The van der Waals surface area contributed by atoms with Crippen LogP contribution in [0.2, 0.25) is 0 Å². The van der Waals surface area contributed by atoms with Crippen molar-refractivity contribution < 1.29 is 14.5 Å². The van der Waals surface area contributed by atoms with E-state index in [0.29, 0.717) is 0 Å². The second-order valence-electron chi connectivity index (χ2n) is 5.89. The zero-order valence-electron chi connectivity index (χ0n) is 13.0. The number of hydrogen-bond acceptors (Lipinski definition) is 6. The van der Waals surface area contributed by atoms with Crippen LogP contribution in [0.1, 0.15) is 25.6 Å². The van der Waals surface area contributed by atoms with Gasteiger partial charge in [0.1, 0.15) is 11.6 Å². The molecule has 0 saturated carbocycles. The molecule has 0 aliphatic rings. The maximum Gasteiger partial charge on any atom is 0.407 e. The predicted octanol–water partition coefficient (Wildman–Crippen LogP) is 3.74. The highest BCUT2D eigenvalue weighted by Crippen LogP contribution is 2.27. The van der Waals surface area contributed by atoms with Gasteiger partial charge in [0, 0.05) is 29.4 Å². The molecule has 1 aromatic heterocycles. The van der Waals surface area contributed by atoms with Crippen molar-refractivity contribution in [1.29, 1.82) is 0 Å². The third-order valence-electron chi connectivity index (χ3n) is 2.70. The van der Waals surface area contributed by atoms with Gasteiger partial charge in [0.2, 0.25) is 0 Å². The summed E-state index contributed by atoms with van der Waals surface area (Å²) in [5.74, 6) is 0. The Balaban J connectivity index is 1.98. The number of nitro groups is 1. The van der Waals surface area contributed by atoms with E-state index in [1.807, 2.05) is 20.8 Å². The molecular formula is C15H17N3O4S.